The highest BCUT2D eigenvalue weighted by Crippen LogP contribution is 2.25. The minimum absolute atomic E-state index is 0.0578. The van der Waals surface area contributed by atoms with Crippen molar-refractivity contribution < 1.29 is 8.78 Å². The molecule has 0 aliphatic rings. The molecule has 0 bridgehead atoms. The van der Waals surface area contributed by atoms with Crippen LogP contribution in [-0.4, -0.2) is 0 Å². The number of aryl methyl sites for hydroxylation is 2. The summed E-state index contributed by atoms with van der Waals surface area (Å²) >= 11 is 0. The molecule has 15 heavy (non-hydrogen) atoms. The van der Waals surface area contributed by atoms with Crippen LogP contribution in [0.15, 0.2) is 18.2 Å². The van der Waals surface area contributed by atoms with Crippen molar-refractivity contribution in [1.82, 2.24) is 0 Å². The van der Waals surface area contributed by atoms with E-state index in [0.29, 0.717) is 12.0 Å². The van der Waals surface area contributed by atoms with Gasteiger partial charge < -0.3 is 0 Å². The molecule has 0 aromatic heterocycles. The number of benzene rings is 1. The Morgan fingerprint density at radius 2 is 2.13 bits per heavy atom. The van der Waals surface area contributed by atoms with Gasteiger partial charge in [-0.2, -0.15) is 5.26 Å². The van der Waals surface area contributed by atoms with Crippen LogP contribution in [0.3, 0.4) is 0 Å². The smallest absolute Gasteiger partial charge is 0.205 e. The second-order valence-electron chi connectivity index (χ2n) is 3.35. The van der Waals surface area contributed by atoms with E-state index < -0.39 is 6.43 Å². The van der Waals surface area contributed by atoms with Crippen molar-refractivity contribution in [3.63, 3.8) is 0 Å². The van der Waals surface area contributed by atoms with Crippen LogP contribution in [0.2, 0.25) is 0 Å². The summed E-state index contributed by atoms with van der Waals surface area (Å²) in [5.41, 5.74) is 1.70. The molecule has 1 aromatic rings. The van der Waals surface area contributed by atoms with Gasteiger partial charge in [-0.3, -0.25) is 0 Å². The summed E-state index contributed by atoms with van der Waals surface area (Å²) in [4.78, 5) is 0. The van der Waals surface area contributed by atoms with Crippen LogP contribution < -0.4 is 0 Å². The molecular formula is C12H13F2N. The third-order valence-corrected chi connectivity index (χ3v) is 2.36. The number of hydrogen-bond acceptors (Lipinski definition) is 1. The Labute approximate surface area is 88.3 Å². The number of nitriles is 1. The maximum atomic E-state index is 12.6. The van der Waals surface area contributed by atoms with E-state index in [0.717, 1.165) is 12.0 Å². The fourth-order valence-electron chi connectivity index (χ4n) is 1.50. The number of rotatable bonds is 4. The predicted octanol–water partition coefficient (Wildman–Crippen LogP) is 3.64. The van der Waals surface area contributed by atoms with Crippen molar-refractivity contribution >= 4 is 0 Å². The Morgan fingerprint density at radius 3 is 2.67 bits per heavy atom. The van der Waals surface area contributed by atoms with Crippen LogP contribution in [0.5, 0.6) is 0 Å². The lowest BCUT2D eigenvalue weighted by Gasteiger charge is -2.09. The first-order valence-corrected chi connectivity index (χ1v) is 4.95. The zero-order valence-electron chi connectivity index (χ0n) is 8.63. The highest BCUT2D eigenvalue weighted by molar-refractivity contribution is 5.33. The van der Waals surface area contributed by atoms with Gasteiger partial charge in [-0.25, -0.2) is 8.78 Å². The van der Waals surface area contributed by atoms with Crippen LogP contribution in [0.4, 0.5) is 8.78 Å². The van der Waals surface area contributed by atoms with Gasteiger partial charge >= 0.3 is 0 Å². The SMILES string of the molecule is CCc1ccc(C(F)F)c(CCC#N)c1. The van der Waals surface area contributed by atoms with Crippen molar-refractivity contribution in [1.29, 1.82) is 5.26 Å². The maximum absolute atomic E-state index is 12.6. The molecule has 80 valence electrons. The van der Waals surface area contributed by atoms with Gasteiger partial charge in [0.1, 0.15) is 0 Å². The van der Waals surface area contributed by atoms with Gasteiger partial charge in [-0.15, -0.1) is 0 Å². The van der Waals surface area contributed by atoms with E-state index >= 15 is 0 Å². The van der Waals surface area contributed by atoms with E-state index in [2.05, 4.69) is 0 Å². The number of halogens is 2. The van der Waals surface area contributed by atoms with Crippen LogP contribution in [-0.2, 0) is 12.8 Å². The largest absolute Gasteiger partial charge is 0.264 e. The first-order valence-electron chi connectivity index (χ1n) is 4.95. The van der Waals surface area contributed by atoms with Gasteiger partial charge in [-0.05, 0) is 24.0 Å². The minimum atomic E-state index is -2.45. The number of nitrogens with zero attached hydrogens (tertiary/aromatic N) is 1. The van der Waals surface area contributed by atoms with Crippen LogP contribution in [0, 0.1) is 11.3 Å². The Kier molecular flexibility index (Phi) is 4.23. The first-order chi connectivity index (χ1) is 7.19. The molecule has 0 spiro atoms. The third-order valence-electron chi connectivity index (χ3n) is 2.36. The third kappa shape index (κ3) is 3.02. The Balaban J connectivity index is 3.00. The lowest BCUT2D eigenvalue weighted by atomic mass is 9.99. The zero-order chi connectivity index (χ0) is 11.3. The minimum Gasteiger partial charge on any atom is -0.205 e. The van der Waals surface area contributed by atoms with Crippen molar-refractivity contribution in [3.8, 4) is 6.07 Å². The Bertz CT molecular complexity index is 366. The molecule has 0 amide bonds. The van der Waals surface area contributed by atoms with Gasteiger partial charge in [0.05, 0.1) is 6.07 Å². The number of hydrogen-bond donors (Lipinski definition) is 0. The molecule has 0 unspecified atom stereocenters. The highest BCUT2D eigenvalue weighted by Gasteiger charge is 2.12. The van der Waals surface area contributed by atoms with Gasteiger partial charge in [0.2, 0.25) is 0 Å². The molecule has 0 fully saturated rings. The molecule has 1 aromatic carbocycles. The van der Waals surface area contributed by atoms with Crippen molar-refractivity contribution in [2.75, 3.05) is 0 Å². The molecule has 0 saturated heterocycles. The fraction of sp³-hybridized carbons (Fsp3) is 0.417. The van der Waals surface area contributed by atoms with Crippen LogP contribution >= 0.6 is 0 Å². The topological polar surface area (TPSA) is 23.8 Å². The fourth-order valence-corrected chi connectivity index (χ4v) is 1.50. The second kappa shape index (κ2) is 5.45. The summed E-state index contributed by atoms with van der Waals surface area (Å²) in [6, 6.07) is 6.94. The normalized spacial score (nSPS) is 10.3. The summed E-state index contributed by atoms with van der Waals surface area (Å²) in [6.07, 6.45) is -0.940. The molecule has 1 nitrogen and oxygen atoms in total. The number of alkyl halides is 2. The van der Waals surface area contributed by atoms with E-state index in [1.165, 1.54) is 6.07 Å². The lowest BCUT2D eigenvalue weighted by Crippen LogP contribution is -1.96. The molecule has 1 rings (SSSR count). The molecule has 0 heterocycles. The lowest BCUT2D eigenvalue weighted by molar-refractivity contribution is 0.150. The molecule has 0 atom stereocenters. The van der Waals surface area contributed by atoms with Crippen LogP contribution in [0.25, 0.3) is 0 Å². The predicted molar refractivity (Wildman–Crippen MR) is 54.7 cm³/mol. The van der Waals surface area contributed by atoms with Crippen molar-refractivity contribution in [2.24, 2.45) is 0 Å². The Morgan fingerprint density at radius 1 is 1.40 bits per heavy atom. The molecule has 0 saturated carbocycles. The first kappa shape index (κ1) is 11.6. The van der Waals surface area contributed by atoms with Gasteiger partial charge in [-0.1, -0.05) is 25.1 Å². The molecular weight excluding hydrogens is 196 g/mol. The standard InChI is InChI=1S/C12H13F2N/c1-2-9-5-6-11(12(13)14)10(8-9)4-3-7-15/h5-6,8,12H,2-4H2,1H3. The van der Waals surface area contributed by atoms with E-state index in [1.54, 1.807) is 12.1 Å². The molecule has 0 radical (unpaired) electrons. The van der Waals surface area contributed by atoms with Gasteiger partial charge in [0.25, 0.3) is 6.43 Å². The summed E-state index contributed by atoms with van der Waals surface area (Å²) in [5, 5.41) is 8.45. The van der Waals surface area contributed by atoms with E-state index in [-0.39, 0.29) is 12.0 Å². The quantitative estimate of drug-likeness (QED) is 0.742. The monoisotopic (exact) mass is 209 g/mol. The van der Waals surface area contributed by atoms with Gasteiger partial charge in [0, 0.05) is 12.0 Å². The van der Waals surface area contributed by atoms with E-state index in [4.69, 9.17) is 5.26 Å². The van der Waals surface area contributed by atoms with Crippen molar-refractivity contribution in [2.45, 2.75) is 32.6 Å². The Hall–Kier alpha value is -1.43. The van der Waals surface area contributed by atoms with Gasteiger partial charge in [0.15, 0.2) is 0 Å². The summed E-state index contributed by atoms with van der Waals surface area (Å²) in [5.74, 6) is 0. The summed E-state index contributed by atoms with van der Waals surface area (Å²) in [7, 11) is 0. The van der Waals surface area contributed by atoms with E-state index in [9.17, 15) is 8.78 Å². The zero-order valence-corrected chi connectivity index (χ0v) is 8.63. The second-order valence-corrected chi connectivity index (χ2v) is 3.35. The van der Waals surface area contributed by atoms with Crippen LogP contribution in [0.1, 0.15) is 36.5 Å². The average Bonchev–Trinajstić information content (AvgIpc) is 2.25. The highest BCUT2D eigenvalue weighted by atomic mass is 19.3. The molecule has 0 aliphatic heterocycles. The summed E-state index contributed by atoms with van der Waals surface area (Å²) in [6.45, 7) is 1.98. The van der Waals surface area contributed by atoms with E-state index in [1.807, 2.05) is 13.0 Å². The molecule has 0 aliphatic carbocycles. The average molecular weight is 209 g/mol. The van der Waals surface area contributed by atoms with Crippen molar-refractivity contribution in [3.05, 3.63) is 34.9 Å². The molecule has 0 N–H and O–H groups in total. The molecule has 3 heteroatoms. The maximum Gasteiger partial charge on any atom is 0.264 e. The summed E-state index contributed by atoms with van der Waals surface area (Å²) < 4.78 is 25.2.